The van der Waals surface area contributed by atoms with Crippen molar-refractivity contribution in [3.05, 3.63) is 37.6 Å². The van der Waals surface area contributed by atoms with Crippen LogP contribution in [-0.4, -0.2) is 34.6 Å². The van der Waals surface area contributed by atoms with Gasteiger partial charge in [0.2, 0.25) is 0 Å². The topological polar surface area (TPSA) is 68.5 Å². The van der Waals surface area contributed by atoms with Gasteiger partial charge in [-0.2, -0.15) is 0 Å². The maximum atomic E-state index is 10.5. The van der Waals surface area contributed by atoms with Gasteiger partial charge in [0.15, 0.2) is 4.47 Å². The first-order chi connectivity index (χ1) is 8.15. The molecule has 0 amide bonds. The first kappa shape index (κ1) is 12.3. The van der Waals surface area contributed by atoms with Crippen LogP contribution < -0.4 is 0 Å². The minimum atomic E-state index is -0.462. The Balaban J connectivity index is 2.09. The second-order valence-corrected chi connectivity index (χ2v) is 5.16. The minimum Gasteiger partial charge on any atom is -0.373 e. The molecule has 8 heteroatoms. The van der Waals surface area contributed by atoms with E-state index in [1.165, 1.54) is 11.3 Å². The number of hydrogen-bond donors (Lipinski definition) is 0. The van der Waals surface area contributed by atoms with Crippen LogP contribution in [0, 0.1) is 10.1 Å². The van der Waals surface area contributed by atoms with Crippen molar-refractivity contribution in [2.45, 2.75) is 6.54 Å². The van der Waals surface area contributed by atoms with Crippen molar-refractivity contribution in [1.82, 2.24) is 9.88 Å². The molecule has 1 aliphatic rings. The molecule has 1 aliphatic heterocycles. The van der Waals surface area contributed by atoms with Crippen LogP contribution in [0.25, 0.3) is 0 Å². The summed E-state index contributed by atoms with van der Waals surface area (Å²) in [6.07, 6.45) is 2.67. The minimum absolute atomic E-state index is 0.271. The smallest absolute Gasteiger partial charge is 0.255 e. The summed E-state index contributed by atoms with van der Waals surface area (Å²) in [5.74, 6) is 0. The second-order valence-electron chi connectivity index (χ2n) is 3.46. The first-order valence-corrected chi connectivity index (χ1v) is 6.11. The van der Waals surface area contributed by atoms with Crippen molar-refractivity contribution in [2.75, 3.05) is 19.8 Å². The SMILES string of the molecule is O=[N+]([O-])/C=C1/COCCN1Cc1cnc(Cl)s1. The second kappa shape index (κ2) is 5.44. The quantitative estimate of drug-likeness (QED) is 0.621. The van der Waals surface area contributed by atoms with E-state index in [1.54, 1.807) is 6.20 Å². The van der Waals surface area contributed by atoms with Crippen LogP contribution >= 0.6 is 22.9 Å². The molecule has 2 rings (SSSR count). The third kappa shape index (κ3) is 3.39. The summed E-state index contributed by atoms with van der Waals surface area (Å²) in [6, 6.07) is 0. The molecule has 92 valence electrons. The van der Waals surface area contributed by atoms with E-state index in [0.717, 1.165) is 11.1 Å². The highest BCUT2D eigenvalue weighted by molar-refractivity contribution is 7.15. The van der Waals surface area contributed by atoms with Gasteiger partial charge in [0, 0.05) is 17.6 Å². The third-order valence-corrected chi connectivity index (χ3v) is 3.39. The molecule has 1 aromatic rings. The third-order valence-electron chi connectivity index (χ3n) is 2.29. The molecule has 6 nitrogen and oxygen atoms in total. The lowest BCUT2D eigenvalue weighted by Crippen LogP contribution is -2.34. The van der Waals surface area contributed by atoms with Crippen molar-refractivity contribution in [2.24, 2.45) is 0 Å². The number of morpholine rings is 1. The van der Waals surface area contributed by atoms with Crippen LogP contribution in [0.4, 0.5) is 0 Å². The molecule has 1 aromatic heterocycles. The zero-order chi connectivity index (χ0) is 12.3. The van der Waals surface area contributed by atoms with Crippen LogP contribution in [0.3, 0.4) is 0 Å². The van der Waals surface area contributed by atoms with Gasteiger partial charge in [-0.1, -0.05) is 11.6 Å². The van der Waals surface area contributed by atoms with Crippen LogP contribution in [0.15, 0.2) is 18.1 Å². The van der Waals surface area contributed by atoms with Crippen molar-refractivity contribution >= 4 is 22.9 Å². The van der Waals surface area contributed by atoms with Gasteiger partial charge in [-0.15, -0.1) is 11.3 Å². The molecule has 0 aliphatic carbocycles. The lowest BCUT2D eigenvalue weighted by atomic mass is 10.3. The number of ether oxygens (including phenoxy) is 1. The molecule has 0 N–H and O–H groups in total. The summed E-state index contributed by atoms with van der Waals surface area (Å²) in [5.41, 5.74) is 0.575. The van der Waals surface area contributed by atoms with Gasteiger partial charge < -0.3 is 9.64 Å². The molecule has 0 radical (unpaired) electrons. The average Bonchev–Trinajstić information content (AvgIpc) is 2.66. The largest absolute Gasteiger partial charge is 0.373 e. The lowest BCUT2D eigenvalue weighted by molar-refractivity contribution is -0.405. The van der Waals surface area contributed by atoms with Crippen molar-refractivity contribution < 1.29 is 9.66 Å². The van der Waals surface area contributed by atoms with E-state index in [9.17, 15) is 10.1 Å². The molecular weight excluding hydrogens is 266 g/mol. The lowest BCUT2D eigenvalue weighted by Gasteiger charge is -2.29. The number of halogens is 1. The molecule has 0 aromatic carbocycles. The van der Waals surface area contributed by atoms with E-state index in [0.29, 0.717) is 29.9 Å². The fourth-order valence-electron chi connectivity index (χ4n) is 1.55. The fourth-order valence-corrected chi connectivity index (χ4v) is 2.55. The number of aromatic nitrogens is 1. The number of nitro groups is 1. The molecule has 0 atom stereocenters. The van der Waals surface area contributed by atoms with Gasteiger partial charge in [-0.3, -0.25) is 10.1 Å². The Labute approximate surface area is 107 Å². The summed E-state index contributed by atoms with van der Waals surface area (Å²) in [5, 5.41) is 10.5. The monoisotopic (exact) mass is 275 g/mol. The van der Waals surface area contributed by atoms with Gasteiger partial charge in [-0.25, -0.2) is 4.98 Å². The van der Waals surface area contributed by atoms with Gasteiger partial charge in [0.25, 0.3) is 6.20 Å². The molecule has 0 bridgehead atoms. The highest BCUT2D eigenvalue weighted by Gasteiger charge is 2.19. The average molecular weight is 276 g/mol. The normalized spacial score (nSPS) is 18.6. The predicted octanol–water partition coefficient (Wildman–Crippen LogP) is 1.75. The Hall–Kier alpha value is -1.18. The predicted molar refractivity (Wildman–Crippen MR) is 63.4 cm³/mol. The van der Waals surface area contributed by atoms with Crippen LogP contribution in [0.5, 0.6) is 0 Å². The highest BCUT2D eigenvalue weighted by Crippen LogP contribution is 2.22. The van der Waals surface area contributed by atoms with E-state index < -0.39 is 4.92 Å². The van der Waals surface area contributed by atoms with Crippen LogP contribution in [0.1, 0.15) is 4.88 Å². The Bertz CT molecular complexity index is 448. The molecule has 0 saturated carbocycles. The summed E-state index contributed by atoms with van der Waals surface area (Å²) < 4.78 is 5.68. The van der Waals surface area contributed by atoms with Gasteiger partial charge in [0.05, 0.1) is 24.7 Å². The zero-order valence-electron chi connectivity index (χ0n) is 8.84. The number of hydrogen-bond acceptors (Lipinski definition) is 6. The van der Waals surface area contributed by atoms with Crippen molar-refractivity contribution in [3.8, 4) is 0 Å². The number of nitrogens with zero attached hydrogens (tertiary/aromatic N) is 3. The zero-order valence-corrected chi connectivity index (χ0v) is 10.4. The van der Waals surface area contributed by atoms with Gasteiger partial charge >= 0.3 is 0 Å². The molecule has 17 heavy (non-hydrogen) atoms. The fraction of sp³-hybridized carbons (Fsp3) is 0.444. The van der Waals surface area contributed by atoms with Crippen molar-refractivity contribution in [1.29, 1.82) is 0 Å². The molecule has 0 unspecified atom stereocenters. The summed E-state index contributed by atoms with van der Waals surface area (Å²) >= 11 is 7.12. The Morgan fingerprint density at radius 3 is 3.24 bits per heavy atom. The number of rotatable bonds is 3. The maximum Gasteiger partial charge on any atom is 0.255 e. The Kier molecular flexibility index (Phi) is 3.93. The Morgan fingerprint density at radius 2 is 2.59 bits per heavy atom. The van der Waals surface area contributed by atoms with E-state index in [-0.39, 0.29) is 6.61 Å². The molecule has 1 fully saturated rings. The summed E-state index contributed by atoms with van der Waals surface area (Å²) in [7, 11) is 0. The summed E-state index contributed by atoms with van der Waals surface area (Å²) in [6.45, 7) is 2.05. The Morgan fingerprint density at radius 1 is 1.76 bits per heavy atom. The molecule has 2 heterocycles. The van der Waals surface area contributed by atoms with Crippen molar-refractivity contribution in [3.63, 3.8) is 0 Å². The molecule has 0 spiro atoms. The van der Waals surface area contributed by atoms with E-state index in [4.69, 9.17) is 16.3 Å². The van der Waals surface area contributed by atoms with Gasteiger partial charge in [-0.05, 0) is 0 Å². The van der Waals surface area contributed by atoms with E-state index in [1.807, 2.05) is 4.90 Å². The highest BCUT2D eigenvalue weighted by atomic mass is 35.5. The van der Waals surface area contributed by atoms with Crippen LogP contribution in [-0.2, 0) is 11.3 Å². The standard InChI is InChI=1S/C9H10ClN3O3S/c10-9-11-3-8(17-9)5-12-1-2-16-6-7(12)4-13(14)15/h3-4H,1-2,5-6H2/b7-4-. The van der Waals surface area contributed by atoms with E-state index in [2.05, 4.69) is 4.98 Å². The van der Waals surface area contributed by atoms with Crippen LogP contribution in [0.2, 0.25) is 4.47 Å². The number of thiazole rings is 1. The molecule has 1 saturated heterocycles. The summed E-state index contributed by atoms with van der Waals surface area (Å²) in [4.78, 5) is 16.9. The van der Waals surface area contributed by atoms with E-state index >= 15 is 0 Å². The van der Waals surface area contributed by atoms with Gasteiger partial charge in [0.1, 0.15) is 5.70 Å². The maximum absolute atomic E-state index is 10.5. The molecular formula is C9H10ClN3O3S. The first-order valence-electron chi connectivity index (χ1n) is 4.92.